The lowest BCUT2D eigenvalue weighted by molar-refractivity contribution is -0.179. The maximum Gasteiger partial charge on any atom is 0.348 e. The third-order valence-electron chi connectivity index (χ3n) is 6.00. The van der Waals surface area contributed by atoms with Gasteiger partial charge in [0.05, 0.1) is 18.5 Å². The number of carbonyl (C=O) groups excluding carboxylic acids is 2. The molecule has 1 amide bonds. The van der Waals surface area contributed by atoms with Gasteiger partial charge in [-0.1, -0.05) is 26.8 Å². The lowest BCUT2D eigenvalue weighted by Gasteiger charge is -2.35. The number of carboxylic acid groups (broad SMARTS) is 1. The SMILES string of the molecule is CC(C)(C)CC(=O)O[C@@H](C(=O)O)[C@H]1OCCN(c2ccc3ccc(=O)n(CC4CC4)c3c2)C1=O. The van der Waals surface area contributed by atoms with Crippen LogP contribution < -0.4 is 10.5 Å². The Kier molecular flexibility index (Phi) is 6.49. The monoisotopic (exact) mass is 470 g/mol. The van der Waals surface area contributed by atoms with Gasteiger partial charge in [0, 0.05) is 24.8 Å². The molecule has 34 heavy (non-hydrogen) atoms. The van der Waals surface area contributed by atoms with Crippen molar-refractivity contribution in [1.29, 1.82) is 0 Å². The minimum absolute atomic E-state index is 0.00457. The number of pyridine rings is 1. The predicted molar refractivity (Wildman–Crippen MR) is 125 cm³/mol. The van der Waals surface area contributed by atoms with Crippen LogP contribution in [0, 0.1) is 11.3 Å². The number of benzene rings is 1. The molecule has 1 aromatic carbocycles. The van der Waals surface area contributed by atoms with Crippen LogP contribution in [-0.2, 0) is 30.4 Å². The van der Waals surface area contributed by atoms with Crippen molar-refractivity contribution in [3.63, 3.8) is 0 Å². The number of hydrogen-bond donors (Lipinski definition) is 1. The van der Waals surface area contributed by atoms with Crippen LogP contribution in [0.1, 0.15) is 40.0 Å². The van der Waals surface area contributed by atoms with E-state index < -0.39 is 35.5 Å². The fraction of sp³-hybridized carbons (Fsp3) is 0.520. The summed E-state index contributed by atoms with van der Waals surface area (Å²) in [4.78, 5) is 51.4. The largest absolute Gasteiger partial charge is 0.478 e. The van der Waals surface area contributed by atoms with Crippen LogP contribution in [-0.4, -0.2) is 52.9 Å². The minimum Gasteiger partial charge on any atom is -0.478 e. The molecular formula is C25H30N2O7. The highest BCUT2D eigenvalue weighted by atomic mass is 16.6. The highest BCUT2D eigenvalue weighted by Gasteiger charge is 2.43. The number of nitrogens with zero attached hydrogens (tertiary/aromatic N) is 2. The number of fused-ring (bicyclic) bond motifs is 1. The van der Waals surface area contributed by atoms with Gasteiger partial charge in [0.25, 0.3) is 11.5 Å². The molecule has 0 bridgehead atoms. The van der Waals surface area contributed by atoms with Crippen LogP contribution in [0.2, 0.25) is 0 Å². The fourth-order valence-corrected chi connectivity index (χ4v) is 4.13. The Morgan fingerprint density at radius 1 is 1.18 bits per heavy atom. The standard InChI is InChI=1S/C25H30N2O7/c1-25(2,3)13-20(29)34-22(24(31)32)21-23(30)26(10-11-33-21)17-8-6-16-7-9-19(28)27(18(16)12-17)14-15-4-5-15/h6-9,12,15,21-22H,4-5,10-11,13-14H2,1-3H3,(H,31,32)/t21-,22-/m1/s1. The van der Waals surface area contributed by atoms with E-state index in [0.717, 1.165) is 23.7 Å². The van der Waals surface area contributed by atoms with E-state index in [2.05, 4.69) is 0 Å². The summed E-state index contributed by atoms with van der Waals surface area (Å²) >= 11 is 0. The van der Waals surface area contributed by atoms with Crippen LogP contribution in [0.15, 0.2) is 35.1 Å². The summed E-state index contributed by atoms with van der Waals surface area (Å²) in [5.74, 6) is -2.27. The molecule has 2 atom stereocenters. The number of ether oxygens (including phenoxy) is 2. The molecule has 0 spiro atoms. The van der Waals surface area contributed by atoms with Crippen LogP contribution in [0.25, 0.3) is 10.9 Å². The molecule has 2 fully saturated rings. The summed E-state index contributed by atoms with van der Waals surface area (Å²) in [5, 5.41) is 10.6. The predicted octanol–water partition coefficient (Wildman–Crippen LogP) is 2.58. The second-order valence-electron chi connectivity index (χ2n) is 10.2. The van der Waals surface area contributed by atoms with Crippen molar-refractivity contribution in [2.75, 3.05) is 18.1 Å². The zero-order valence-corrected chi connectivity index (χ0v) is 19.7. The van der Waals surface area contributed by atoms with Crippen molar-refractivity contribution in [3.05, 3.63) is 40.7 Å². The van der Waals surface area contributed by atoms with E-state index in [1.54, 1.807) is 28.8 Å². The number of aromatic nitrogens is 1. The van der Waals surface area contributed by atoms with Gasteiger partial charge in [0.2, 0.25) is 6.10 Å². The lowest BCUT2D eigenvalue weighted by atomic mass is 9.92. The van der Waals surface area contributed by atoms with Gasteiger partial charge in [-0.25, -0.2) is 4.79 Å². The molecule has 1 saturated heterocycles. The van der Waals surface area contributed by atoms with E-state index in [1.807, 2.05) is 26.8 Å². The van der Waals surface area contributed by atoms with Crippen molar-refractivity contribution < 1.29 is 29.0 Å². The molecule has 9 heteroatoms. The molecule has 4 rings (SSSR count). The molecule has 0 unspecified atom stereocenters. The first-order chi connectivity index (χ1) is 16.0. The summed E-state index contributed by atoms with van der Waals surface area (Å²) in [6, 6.07) is 8.67. The second kappa shape index (κ2) is 9.21. The normalized spacial score (nSPS) is 19.8. The Hall–Kier alpha value is -3.20. The first kappa shape index (κ1) is 23.9. The van der Waals surface area contributed by atoms with Gasteiger partial charge in [-0.3, -0.25) is 14.4 Å². The first-order valence-electron chi connectivity index (χ1n) is 11.5. The van der Waals surface area contributed by atoms with Crippen molar-refractivity contribution >= 4 is 34.4 Å². The molecule has 9 nitrogen and oxygen atoms in total. The van der Waals surface area contributed by atoms with E-state index in [1.165, 1.54) is 4.90 Å². The third kappa shape index (κ3) is 5.30. The maximum atomic E-state index is 13.3. The van der Waals surface area contributed by atoms with E-state index in [9.17, 15) is 24.3 Å². The number of hydrogen-bond acceptors (Lipinski definition) is 6. The number of aliphatic carboxylic acids is 1. The van der Waals surface area contributed by atoms with Crippen molar-refractivity contribution in [3.8, 4) is 0 Å². The van der Waals surface area contributed by atoms with Gasteiger partial charge in [0.15, 0.2) is 6.10 Å². The Bertz CT molecular complexity index is 1180. The van der Waals surface area contributed by atoms with Gasteiger partial charge in [-0.2, -0.15) is 0 Å². The molecule has 182 valence electrons. The molecular weight excluding hydrogens is 440 g/mol. The van der Waals surface area contributed by atoms with Gasteiger partial charge in [-0.05, 0) is 47.8 Å². The summed E-state index contributed by atoms with van der Waals surface area (Å²) in [6.07, 6.45) is -1.02. The Labute approximate surface area is 197 Å². The summed E-state index contributed by atoms with van der Waals surface area (Å²) in [6.45, 7) is 6.41. The Balaban J connectivity index is 1.61. The van der Waals surface area contributed by atoms with E-state index in [4.69, 9.17) is 9.47 Å². The zero-order valence-electron chi connectivity index (χ0n) is 19.7. The fourth-order valence-electron chi connectivity index (χ4n) is 4.13. The van der Waals surface area contributed by atoms with Crippen LogP contribution in [0.3, 0.4) is 0 Å². The maximum absolute atomic E-state index is 13.3. The zero-order chi connectivity index (χ0) is 24.6. The average Bonchev–Trinajstić information content (AvgIpc) is 3.57. The molecule has 2 heterocycles. The third-order valence-corrected chi connectivity index (χ3v) is 6.00. The van der Waals surface area contributed by atoms with Gasteiger partial charge in [0.1, 0.15) is 0 Å². The summed E-state index contributed by atoms with van der Waals surface area (Å²) in [5.41, 5.74) is 0.759. The first-order valence-corrected chi connectivity index (χ1v) is 11.5. The number of carbonyl (C=O) groups is 3. The van der Waals surface area contributed by atoms with Gasteiger partial charge in [-0.15, -0.1) is 0 Å². The molecule has 1 aliphatic carbocycles. The number of rotatable bonds is 7. The van der Waals surface area contributed by atoms with E-state index in [0.29, 0.717) is 18.2 Å². The Morgan fingerprint density at radius 2 is 1.88 bits per heavy atom. The average molecular weight is 471 g/mol. The number of morpholine rings is 1. The van der Waals surface area contributed by atoms with Crippen molar-refractivity contribution in [2.45, 2.75) is 58.8 Å². The number of amides is 1. The topological polar surface area (TPSA) is 115 Å². The number of anilines is 1. The van der Waals surface area contributed by atoms with Crippen LogP contribution in [0.4, 0.5) is 5.69 Å². The quantitative estimate of drug-likeness (QED) is 0.619. The van der Waals surface area contributed by atoms with E-state index >= 15 is 0 Å². The molecule has 1 aliphatic heterocycles. The summed E-state index contributed by atoms with van der Waals surface area (Å²) in [7, 11) is 0. The molecule has 2 aliphatic rings. The lowest BCUT2D eigenvalue weighted by Crippen LogP contribution is -2.55. The van der Waals surface area contributed by atoms with Crippen LogP contribution >= 0.6 is 0 Å². The number of esters is 1. The highest BCUT2D eigenvalue weighted by molar-refractivity contribution is 6.01. The van der Waals surface area contributed by atoms with Gasteiger partial charge < -0.3 is 24.0 Å². The molecule has 1 aromatic heterocycles. The van der Waals surface area contributed by atoms with Crippen molar-refractivity contribution in [1.82, 2.24) is 4.57 Å². The smallest absolute Gasteiger partial charge is 0.348 e. The van der Waals surface area contributed by atoms with Crippen molar-refractivity contribution in [2.24, 2.45) is 11.3 Å². The van der Waals surface area contributed by atoms with E-state index in [-0.39, 0.29) is 25.1 Å². The number of carboxylic acids is 1. The Morgan fingerprint density at radius 3 is 2.53 bits per heavy atom. The highest BCUT2D eigenvalue weighted by Crippen LogP contribution is 2.32. The molecule has 1 N–H and O–H groups in total. The second-order valence-corrected chi connectivity index (χ2v) is 10.2. The molecule has 0 radical (unpaired) electrons. The van der Waals surface area contributed by atoms with Gasteiger partial charge >= 0.3 is 11.9 Å². The van der Waals surface area contributed by atoms with Crippen LogP contribution in [0.5, 0.6) is 0 Å². The summed E-state index contributed by atoms with van der Waals surface area (Å²) < 4.78 is 12.4. The minimum atomic E-state index is -1.75. The molecule has 2 aromatic rings. The molecule has 1 saturated carbocycles.